The Morgan fingerprint density at radius 1 is 1.10 bits per heavy atom. The van der Waals surface area contributed by atoms with Crippen LogP contribution in [0.15, 0.2) is 24.4 Å². The van der Waals surface area contributed by atoms with E-state index in [0.717, 1.165) is 31.6 Å². The molecule has 0 spiro atoms. The van der Waals surface area contributed by atoms with Gasteiger partial charge in [0.1, 0.15) is 13.2 Å². The minimum absolute atomic E-state index is 0.0636. The lowest BCUT2D eigenvalue weighted by atomic mass is 9.77. The van der Waals surface area contributed by atoms with Crippen LogP contribution in [-0.4, -0.2) is 65.3 Å². The molecule has 3 fully saturated rings. The van der Waals surface area contributed by atoms with Gasteiger partial charge >= 0.3 is 0 Å². The Hall–Kier alpha value is -2.61. The van der Waals surface area contributed by atoms with Crippen molar-refractivity contribution in [1.29, 1.82) is 0 Å². The van der Waals surface area contributed by atoms with Gasteiger partial charge in [0.05, 0.1) is 17.8 Å². The molecule has 2 aliphatic carbocycles. The maximum absolute atomic E-state index is 13.2. The van der Waals surface area contributed by atoms with E-state index < -0.39 is 0 Å². The molecule has 3 heterocycles. The SMILES string of the molecule is CO[C@@H]1C[C@H]2CN(C(=O)c3ccc4c(c3)OCCO4)C[C@H]2C[C@H]1n1cc(C2CC2)nn1. The summed E-state index contributed by atoms with van der Waals surface area (Å²) in [5.74, 6) is 2.93. The molecule has 4 atom stereocenters. The van der Waals surface area contributed by atoms with Crippen molar-refractivity contribution in [3.05, 3.63) is 35.7 Å². The summed E-state index contributed by atoms with van der Waals surface area (Å²) in [6.45, 7) is 2.61. The number of ether oxygens (including phenoxy) is 3. The zero-order chi connectivity index (χ0) is 20.9. The van der Waals surface area contributed by atoms with Crippen molar-refractivity contribution in [2.45, 2.75) is 43.7 Å². The third-order valence-electron chi connectivity index (χ3n) is 7.33. The van der Waals surface area contributed by atoms with E-state index in [4.69, 9.17) is 14.2 Å². The number of aromatic nitrogens is 3. The molecule has 6 rings (SSSR count). The second-order valence-corrected chi connectivity index (χ2v) is 9.30. The van der Waals surface area contributed by atoms with E-state index in [2.05, 4.69) is 16.5 Å². The zero-order valence-electron chi connectivity index (χ0n) is 17.8. The average Bonchev–Trinajstić information content (AvgIpc) is 3.39. The fraction of sp³-hybridized carbons (Fsp3) is 0.609. The van der Waals surface area contributed by atoms with Gasteiger partial charge in [-0.2, -0.15) is 0 Å². The van der Waals surface area contributed by atoms with Crippen molar-refractivity contribution < 1.29 is 19.0 Å². The number of hydrogen-bond acceptors (Lipinski definition) is 6. The van der Waals surface area contributed by atoms with Crippen molar-refractivity contribution in [2.75, 3.05) is 33.4 Å². The van der Waals surface area contributed by atoms with E-state index in [1.807, 2.05) is 27.8 Å². The van der Waals surface area contributed by atoms with E-state index in [1.54, 1.807) is 7.11 Å². The number of hydrogen-bond donors (Lipinski definition) is 0. The maximum atomic E-state index is 13.2. The van der Waals surface area contributed by atoms with Crippen LogP contribution < -0.4 is 9.47 Å². The molecular weight excluding hydrogens is 396 g/mol. The highest BCUT2D eigenvalue weighted by atomic mass is 16.6. The first kappa shape index (κ1) is 19.1. The first-order valence-electron chi connectivity index (χ1n) is 11.3. The lowest BCUT2D eigenvalue weighted by molar-refractivity contribution is -0.00546. The highest BCUT2D eigenvalue weighted by Gasteiger charge is 2.45. The van der Waals surface area contributed by atoms with E-state index in [9.17, 15) is 4.79 Å². The number of carbonyl (C=O) groups excluding carboxylic acids is 1. The van der Waals surface area contributed by atoms with Gasteiger partial charge in [-0.1, -0.05) is 5.21 Å². The third-order valence-corrected chi connectivity index (χ3v) is 7.33. The Bertz CT molecular complexity index is 988. The Labute approximate surface area is 181 Å². The molecule has 31 heavy (non-hydrogen) atoms. The predicted molar refractivity (Wildman–Crippen MR) is 111 cm³/mol. The molecule has 2 aliphatic heterocycles. The minimum Gasteiger partial charge on any atom is -0.486 e. The summed E-state index contributed by atoms with van der Waals surface area (Å²) in [4.78, 5) is 15.2. The van der Waals surface area contributed by atoms with Gasteiger partial charge in [0.2, 0.25) is 0 Å². The Kier molecular flexibility index (Phi) is 4.63. The van der Waals surface area contributed by atoms with Gasteiger partial charge in [0.25, 0.3) is 5.91 Å². The summed E-state index contributed by atoms with van der Waals surface area (Å²) in [6.07, 6.45) is 6.55. The molecule has 8 nitrogen and oxygen atoms in total. The van der Waals surface area contributed by atoms with Crippen molar-refractivity contribution >= 4 is 5.91 Å². The smallest absolute Gasteiger partial charge is 0.254 e. The van der Waals surface area contributed by atoms with Crippen LogP contribution in [-0.2, 0) is 4.74 Å². The number of fused-ring (bicyclic) bond motifs is 2. The minimum atomic E-state index is 0.0636. The molecule has 164 valence electrons. The van der Waals surface area contributed by atoms with Gasteiger partial charge in [-0.3, -0.25) is 4.79 Å². The predicted octanol–water partition coefficient (Wildman–Crippen LogP) is 2.67. The fourth-order valence-electron chi connectivity index (χ4n) is 5.47. The Morgan fingerprint density at radius 3 is 2.65 bits per heavy atom. The number of amides is 1. The average molecular weight is 425 g/mol. The number of likely N-dealkylation sites (tertiary alicyclic amines) is 1. The quantitative estimate of drug-likeness (QED) is 0.751. The number of nitrogens with zero attached hydrogens (tertiary/aromatic N) is 4. The molecule has 1 saturated heterocycles. The number of rotatable bonds is 4. The molecule has 0 radical (unpaired) electrons. The van der Waals surface area contributed by atoms with Gasteiger partial charge in [0, 0.05) is 37.9 Å². The van der Waals surface area contributed by atoms with Crippen LogP contribution >= 0.6 is 0 Å². The van der Waals surface area contributed by atoms with Crippen molar-refractivity contribution in [2.24, 2.45) is 11.8 Å². The molecule has 0 bridgehead atoms. The van der Waals surface area contributed by atoms with E-state index >= 15 is 0 Å². The molecule has 4 aliphatic rings. The molecular formula is C23H28N4O4. The van der Waals surface area contributed by atoms with E-state index in [-0.39, 0.29) is 18.1 Å². The van der Waals surface area contributed by atoms with Crippen LogP contribution in [0.4, 0.5) is 0 Å². The Balaban J connectivity index is 1.18. The van der Waals surface area contributed by atoms with Crippen LogP contribution in [0.3, 0.4) is 0 Å². The summed E-state index contributed by atoms with van der Waals surface area (Å²) in [7, 11) is 1.78. The number of benzene rings is 1. The van der Waals surface area contributed by atoms with E-state index in [0.29, 0.717) is 48.0 Å². The standard InChI is InChI=1S/C23H28N4O4/c1-29-21-10-17-12-26(23(28)15-4-5-20-22(9-15)31-7-6-30-20)11-16(17)8-19(21)27-13-18(24-25-27)14-2-3-14/h4-5,9,13-14,16-17,19,21H,2-3,6-8,10-12H2,1H3/t16-,17+,19-,21-/m1/s1. The largest absolute Gasteiger partial charge is 0.486 e. The van der Waals surface area contributed by atoms with Gasteiger partial charge in [-0.25, -0.2) is 4.68 Å². The topological polar surface area (TPSA) is 78.7 Å². The summed E-state index contributed by atoms with van der Waals surface area (Å²) in [6, 6.07) is 5.67. The lowest BCUT2D eigenvalue weighted by Crippen LogP contribution is -2.37. The van der Waals surface area contributed by atoms with Gasteiger partial charge < -0.3 is 19.1 Å². The van der Waals surface area contributed by atoms with Crippen LogP contribution in [0.25, 0.3) is 0 Å². The molecule has 2 aromatic rings. The lowest BCUT2D eigenvalue weighted by Gasteiger charge is -2.36. The molecule has 1 aromatic heterocycles. The van der Waals surface area contributed by atoms with E-state index in [1.165, 1.54) is 12.8 Å². The fourth-order valence-corrected chi connectivity index (χ4v) is 5.47. The molecule has 8 heteroatoms. The first-order valence-corrected chi connectivity index (χ1v) is 11.3. The normalized spacial score (nSPS) is 29.6. The highest BCUT2D eigenvalue weighted by molar-refractivity contribution is 5.95. The van der Waals surface area contributed by atoms with Crippen molar-refractivity contribution in [1.82, 2.24) is 19.9 Å². The maximum Gasteiger partial charge on any atom is 0.254 e. The van der Waals surface area contributed by atoms with Crippen LogP contribution in [0, 0.1) is 11.8 Å². The third kappa shape index (κ3) is 3.46. The first-order chi connectivity index (χ1) is 15.2. The molecule has 1 aromatic carbocycles. The van der Waals surface area contributed by atoms with Gasteiger partial charge in [-0.15, -0.1) is 5.10 Å². The van der Waals surface area contributed by atoms with Gasteiger partial charge in [-0.05, 0) is 55.7 Å². The monoisotopic (exact) mass is 424 g/mol. The molecule has 2 saturated carbocycles. The van der Waals surface area contributed by atoms with Crippen LogP contribution in [0.2, 0.25) is 0 Å². The van der Waals surface area contributed by atoms with Crippen molar-refractivity contribution in [3.63, 3.8) is 0 Å². The van der Waals surface area contributed by atoms with Gasteiger partial charge in [0.15, 0.2) is 11.5 Å². The summed E-state index contributed by atoms with van der Waals surface area (Å²) < 4.78 is 19.1. The zero-order valence-corrected chi connectivity index (χ0v) is 17.8. The number of carbonyl (C=O) groups is 1. The van der Waals surface area contributed by atoms with Crippen molar-refractivity contribution in [3.8, 4) is 11.5 Å². The number of methoxy groups -OCH3 is 1. The Morgan fingerprint density at radius 2 is 1.87 bits per heavy atom. The highest BCUT2D eigenvalue weighted by Crippen LogP contribution is 2.44. The second kappa shape index (κ2) is 7.51. The second-order valence-electron chi connectivity index (χ2n) is 9.30. The molecule has 0 unspecified atom stereocenters. The summed E-state index contributed by atoms with van der Waals surface area (Å²) >= 11 is 0. The summed E-state index contributed by atoms with van der Waals surface area (Å²) in [5.41, 5.74) is 1.77. The van der Waals surface area contributed by atoms with Crippen LogP contribution in [0.1, 0.15) is 53.7 Å². The molecule has 1 amide bonds. The van der Waals surface area contributed by atoms with Crippen LogP contribution in [0.5, 0.6) is 11.5 Å². The molecule has 0 N–H and O–H groups in total. The summed E-state index contributed by atoms with van der Waals surface area (Å²) in [5, 5.41) is 8.83.